The molecule has 10 nitrogen and oxygen atoms in total. The monoisotopic (exact) mass is 422 g/mol. The number of amides is 4. The Hall–Kier alpha value is -3.30. The van der Waals surface area contributed by atoms with E-state index in [1.807, 2.05) is 30.3 Å². The Bertz CT molecular complexity index is 718. The van der Waals surface area contributed by atoms with Gasteiger partial charge < -0.3 is 30.3 Å². The molecule has 166 valence electrons. The summed E-state index contributed by atoms with van der Waals surface area (Å²) in [6.07, 6.45) is -1.30. The summed E-state index contributed by atoms with van der Waals surface area (Å²) in [6.45, 7) is 5.20. The lowest BCUT2D eigenvalue weighted by molar-refractivity contribution is -0.122. The quantitative estimate of drug-likeness (QED) is 0.510. The number of hydrogen-bond acceptors (Lipinski definition) is 6. The van der Waals surface area contributed by atoms with E-state index in [0.29, 0.717) is 0 Å². The lowest BCUT2D eigenvalue weighted by atomic mass is 10.2. The van der Waals surface area contributed by atoms with E-state index in [1.165, 1.54) is 7.05 Å². The highest BCUT2D eigenvalue weighted by atomic mass is 16.6. The summed E-state index contributed by atoms with van der Waals surface area (Å²) in [7, 11) is 1.46. The highest BCUT2D eigenvalue weighted by molar-refractivity contribution is 5.83. The maximum absolute atomic E-state index is 11.9. The molecule has 0 aliphatic heterocycles. The normalized spacial score (nSPS) is 10.5. The molecule has 1 rings (SSSR count). The van der Waals surface area contributed by atoms with Crippen LogP contribution in [0, 0.1) is 0 Å². The predicted octanol–water partition coefficient (Wildman–Crippen LogP) is 1.01. The Labute approximate surface area is 176 Å². The Morgan fingerprint density at radius 3 is 2.13 bits per heavy atom. The molecule has 0 aliphatic rings. The van der Waals surface area contributed by atoms with Gasteiger partial charge >= 0.3 is 12.2 Å². The molecule has 1 aromatic rings. The molecule has 0 aliphatic carbocycles. The second-order valence-electron chi connectivity index (χ2n) is 7.45. The van der Waals surface area contributed by atoms with Crippen LogP contribution in [0.15, 0.2) is 30.3 Å². The fraction of sp³-hybridized carbons (Fsp3) is 0.500. The molecule has 1 aromatic carbocycles. The summed E-state index contributed by atoms with van der Waals surface area (Å²) >= 11 is 0. The molecular formula is C20H30N4O6. The first-order chi connectivity index (χ1) is 14.1. The predicted molar refractivity (Wildman–Crippen MR) is 110 cm³/mol. The molecule has 0 radical (unpaired) electrons. The van der Waals surface area contributed by atoms with E-state index in [1.54, 1.807) is 20.8 Å². The first-order valence-corrected chi connectivity index (χ1v) is 9.49. The molecule has 0 aromatic heterocycles. The minimum Gasteiger partial charge on any atom is -0.445 e. The van der Waals surface area contributed by atoms with Crippen molar-refractivity contribution in [2.45, 2.75) is 33.0 Å². The number of alkyl carbamates (subject to hydrolysis) is 1. The van der Waals surface area contributed by atoms with Crippen LogP contribution in [0.3, 0.4) is 0 Å². The van der Waals surface area contributed by atoms with Gasteiger partial charge in [-0.2, -0.15) is 0 Å². The van der Waals surface area contributed by atoms with E-state index in [4.69, 9.17) is 9.47 Å². The van der Waals surface area contributed by atoms with Crippen LogP contribution in [0.25, 0.3) is 0 Å². The Morgan fingerprint density at radius 2 is 1.53 bits per heavy atom. The molecule has 0 atom stereocenters. The van der Waals surface area contributed by atoms with E-state index in [0.717, 1.165) is 10.5 Å². The van der Waals surface area contributed by atoms with E-state index in [-0.39, 0.29) is 32.8 Å². The third-order valence-corrected chi connectivity index (χ3v) is 3.46. The molecule has 0 heterocycles. The van der Waals surface area contributed by atoms with Gasteiger partial charge in [-0.1, -0.05) is 30.3 Å². The minimum atomic E-state index is -0.687. The molecule has 0 fully saturated rings. The lowest BCUT2D eigenvalue weighted by Crippen LogP contribution is -2.43. The topological polar surface area (TPSA) is 126 Å². The fourth-order valence-electron chi connectivity index (χ4n) is 2.10. The van der Waals surface area contributed by atoms with Crippen LogP contribution in [0.4, 0.5) is 9.59 Å². The summed E-state index contributed by atoms with van der Waals surface area (Å²) in [5.74, 6) is -0.813. The van der Waals surface area contributed by atoms with Crippen molar-refractivity contribution in [1.29, 1.82) is 0 Å². The number of nitrogens with zero attached hydrogens (tertiary/aromatic N) is 1. The summed E-state index contributed by atoms with van der Waals surface area (Å²) in [4.78, 5) is 48.0. The highest BCUT2D eigenvalue weighted by Gasteiger charge is 2.17. The zero-order valence-electron chi connectivity index (χ0n) is 17.8. The van der Waals surface area contributed by atoms with Gasteiger partial charge in [0, 0.05) is 20.1 Å². The van der Waals surface area contributed by atoms with Gasteiger partial charge in [-0.25, -0.2) is 9.59 Å². The number of hydrogen-bond donors (Lipinski definition) is 3. The summed E-state index contributed by atoms with van der Waals surface area (Å²) in [5.41, 5.74) is 0.201. The van der Waals surface area contributed by atoms with Gasteiger partial charge in [0.15, 0.2) is 0 Å². The van der Waals surface area contributed by atoms with Gasteiger partial charge in [-0.3, -0.25) is 9.59 Å². The minimum absolute atomic E-state index is 0.120. The number of nitrogens with one attached hydrogen (secondary N) is 3. The van der Waals surface area contributed by atoms with E-state index in [2.05, 4.69) is 16.0 Å². The number of likely N-dealkylation sites (N-methyl/N-ethyl adjacent to an activating group) is 1. The third-order valence-electron chi connectivity index (χ3n) is 3.46. The van der Waals surface area contributed by atoms with E-state index >= 15 is 0 Å². The van der Waals surface area contributed by atoms with Crippen molar-refractivity contribution < 1.29 is 28.7 Å². The molecule has 0 saturated carbocycles. The molecule has 0 bridgehead atoms. The number of rotatable bonds is 9. The summed E-state index contributed by atoms with van der Waals surface area (Å²) in [6, 6.07) is 9.20. The zero-order chi connectivity index (χ0) is 22.6. The SMILES string of the molecule is CN(CC(=O)NCCNC(=O)CNC(=O)OC(C)(C)C)C(=O)OCc1ccccc1. The summed E-state index contributed by atoms with van der Waals surface area (Å²) < 4.78 is 10.1. The van der Waals surface area contributed by atoms with Gasteiger partial charge in [0.25, 0.3) is 0 Å². The van der Waals surface area contributed by atoms with Crippen molar-refractivity contribution in [3.63, 3.8) is 0 Å². The molecule has 0 unspecified atom stereocenters. The van der Waals surface area contributed by atoms with Gasteiger partial charge in [0.05, 0.1) is 6.54 Å². The van der Waals surface area contributed by atoms with Crippen LogP contribution in [0.1, 0.15) is 26.3 Å². The summed E-state index contributed by atoms with van der Waals surface area (Å²) in [5, 5.41) is 7.45. The standard InChI is InChI=1S/C20H30N4O6/c1-20(2,3)30-18(27)23-12-16(25)21-10-11-22-17(26)13-24(4)19(28)29-14-15-8-6-5-7-9-15/h5-9H,10-14H2,1-4H3,(H,21,25)(H,22,26)(H,23,27). The number of carbonyl (C=O) groups is 4. The Morgan fingerprint density at radius 1 is 0.933 bits per heavy atom. The fourth-order valence-corrected chi connectivity index (χ4v) is 2.10. The Kier molecular flexibility index (Phi) is 10.1. The van der Waals surface area contributed by atoms with Crippen molar-refractivity contribution >= 4 is 24.0 Å². The van der Waals surface area contributed by atoms with Crippen LogP contribution in [-0.4, -0.2) is 67.7 Å². The lowest BCUT2D eigenvalue weighted by Gasteiger charge is -2.19. The number of ether oxygens (including phenoxy) is 2. The zero-order valence-corrected chi connectivity index (χ0v) is 17.8. The second-order valence-corrected chi connectivity index (χ2v) is 7.45. The maximum Gasteiger partial charge on any atom is 0.410 e. The average molecular weight is 422 g/mol. The van der Waals surface area contributed by atoms with Crippen LogP contribution >= 0.6 is 0 Å². The molecular weight excluding hydrogens is 392 g/mol. The largest absolute Gasteiger partial charge is 0.445 e. The molecule has 4 amide bonds. The molecule has 0 saturated heterocycles. The van der Waals surface area contributed by atoms with Crippen molar-refractivity contribution in [1.82, 2.24) is 20.9 Å². The van der Waals surface area contributed by atoms with Gasteiger partial charge in [0.2, 0.25) is 11.8 Å². The maximum atomic E-state index is 11.9. The number of benzene rings is 1. The van der Waals surface area contributed by atoms with Crippen LogP contribution in [-0.2, 0) is 25.7 Å². The van der Waals surface area contributed by atoms with Crippen molar-refractivity contribution in [2.24, 2.45) is 0 Å². The van der Waals surface area contributed by atoms with Crippen LogP contribution in [0.5, 0.6) is 0 Å². The number of carbonyl (C=O) groups excluding carboxylic acids is 4. The van der Waals surface area contributed by atoms with Crippen molar-refractivity contribution in [3.05, 3.63) is 35.9 Å². The smallest absolute Gasteiger partial charge is 0.410 e. The highest BCUT2D eigenvalue weighted by Crippen LogP contribution is 2.06. The Balaban J connectivity index is 2.15. The van der Waals surface area contributed by atoms with Crippen LogP contribution < -0.4 is 16.0 Å². The molecule has 0 spiro atoms. The van der Waals surface area contributed by atoms with E-state index in [9.17, 15) is 19.2 Å². The van der Waals surface area contributed by atoms with Crippen molar-refractivity contribution in [2.75, 3.05) is 33.2 Å². The molecule has 30 heavy (non-hydrogen) atoms. The van der Waals surface area contributed by atoms with E-state index < -0.39 is 29.6 Å². The van der Waals surface area contributed by atoms with Gasteiger partial charge in [-0.05, 0) is 26.3 Å². The first-order valence-electron chi connectivity index (χ1n) is 9.49. The third kappa shape index (κ3) is 11.5. The molecule has 10 heteroatoms. The van der Waals surface area contributed by atoms with Crippen molar-refractivity contribution in [3.8, 4) is 0 Å². The van der Waals surface area contributed by atoms with Gasteiger partial charge in [-0.15, -0.1) is 0 Å². The first kappa shape index (κ1) is 24.7. The molecule has 3 N–H and O–H groups in total. The second kappa shape index (κ2) is 12.3. The average Bonchev–Trinajstić information content (AvgIpc) is 2.67. The van der Waals surface area contributed by atoms with Crippen LogP contribution in [0.2, 0.25) is 0 Å². The van der Waals surface area contributed by atoms with Gasteiger partial charge in [0.1, 0.15) is 18.8 Å².